The molecular weight excluding hydrogens is 794 g/mol. The Morgan fingerprint density at radius 1 is 0.817 bits per heavy atom. The number of hydrogen-bond donors (Lipinski definition) is 3. The summed E-state index contributed by atoms with van der Waals surface area (Å²) in [6.45, 7) is 5.52. The number of aliphatic hydroxyl groups is 3. The van der Waals surface area contributed by atoms with E-state index in [1.165, 1.54) is 49.5 Å². The normalized spacial score (nSPS) is 37.1. The lowest BCUT2D eigenvalue weighted by atomic mass is 9.45. The largest absolute Gasteiger partial charge is 0.465 e. The van der Waals surface area contributed by atoms with Gasteiger partial charge in [-0.1, -0.05) is 18.2 Å². The molecule has 60 heavy (non-hydrogen) atoms. The molecule has 2 aromatic rings. The van der Waals surface area contributed by atoms with Crippen molar-refractivity contribution in [2.45, 2.75) is 120 Å². The predicted octanol–water partition coefficient (Wildman–Crippen LogP) is 0.701. The summed E-state index contributed by atoms with van der Waals surface area (Å²) < 4.78 is 48.1. The van der Waals surface area contributed by atoms with Crippen LogP contribution in [0.25, 0.3) is 0 Å². The van der Waals surface area contributed by atoms with E-state index in [0.717, 1.165) is 41.5 Å². The van der Waals surface area contributed by atoms with Crippen molar-refractivity contribution in [3.63, 3.8) is 0 Å². The van der Waals surface area contributed by atoms with Gasteiger partial charge in [0.05, 0.1) is 22.7 Å². The molecule has 1 aromatic carbocycles. The van der Waals surface area contributed by atoms with Crippen molar-refractivity contribution in [3.8, 4) is 0 Å². The van der Waals surface area contributed by atoms with E-state index in [0.29, 0.717) is 0 Å². The molecule has 19 heteroatoms. The molecule has 6 rings (SSSR count). The lowest BCUT2D eigenvalue weighted by Gasteiger charge is -2.67. The minimum atomic E-state index is -2.94. The monoisotopic (exact) mass is 841 g/mol. The third-order valence-electron chi connectivity index (χ3n) is 11.9. The van der Waals surface area contributed by atoms with E-state index in [2.05, 4.69) is 4.98 Å². The average molecular weight is 842 g/mol. The van der Waals surface area contributed by atoms with Crippen LogP contribution >= 0.6 is 0 Å². The number of aryl methyl sites for hydroxylation is 1. The quantitative estimate of drug-likeness (QED) is 0.256. The maximum absolute atomic E-state index is 14.3. The van der Waals surface area contributed by atoms with Crippen LogP contribution in [0.3, 0.4) is 0 Å². The van der Waals surface area contributed by atoms with Gasteiger partial charge in [0.15, 0.2) is 29.5 Å². The average Bonchev–Trinajstić information content (AvgIpc) is 3.39. The van der Waals surface area contributed by atoms with E-state index in [-0.39, 0.29) is 23.2 Å². The molecule has 12 atom stereocenters. The molecule has 1 aromatic heterocycles. The molecular formula is C41H47NO18. The van der Waals surface area contributed by atoms with E-state index < -0.39 is 132 Å². The van der Waals surface area contributed by atoms with Crippen molar-refractivity contribution in [2.75, 3.05) is 13.2 Å². The van der Waals surface area contributed by atoms with Crippen molar-refractivity contribution < 1.29 is 86.8 Å². The van der Waals surface area contributed by atoms with Gasteiger partial charge in [-0.05, 0) is 57.9 Å². The van der Waals surface area contributed by atoms with Gasteiger partial charge in [-0.2, -0.15) is 0 Å². The van der Waals surface area contributed by atoms with Gasteiger partial charge in [0.25, 0.3) is 0 Å². The number of carbonyl (C=O) groups is 7. The van der Waals surface area contributed by atoms with Crippen LogP contribution in [0.5, 0.6) is 0 Å². The molecule has 2 aliphatic heterocycles. The van der Waals surface area contributed by atoms with Crippen LogP contribution in [-0.2, 0) is 68.3 Å². The molecule has 0 unspecified atom stereocenters. The Kier molecular flexibility index (Phi) is 11.6. The highest BCUT2D eigenvalue weighted by molar-refractivity contribution is 5.91. The SMILES string of the molecule is CC(=O)OC[C@]12[C@H](OC(C)=O)[C@H](OC(C)=O)[C@@H]3[C@@H](OC(C)=O)[C@@]14O[C@@]3(C)COC(=O)c1cccnc1CC[C@@](C)(O)C(=O)O[C@@H]([C@H](OC(=O)c1ccccc1)[C@@H]2O)[C@]4(C)O. The lowest BCUT2D eigenvalue weighted by molar-refractivity contribution is -0.386. The molecule has 2 aliphatic carbocycles. The summed E-state index contributed by atoms with van der Waals surface area (Å²) in [5.74, 6) is -9.21. The van der Waals surface area contributed by atoms with E-state index in [1.807, 2.05) is 0 Å². The van der Waals surface area contributed by atoms with Gasteiger partial charge in [0, 0.05) is 33.9 Å². The minimum absolute atomic E-state index is 0.0802. The molecule has 3 N–H and O–H groups in total. The highest BCUT2D eigenvalue weighted by atomic mass is 16.7. The first-order chi connectivity index (χ1) is 28.0. The highest BCUT2D eigenvalue weighted by Gasteiger charge is 2.91. The number of esters is 7. The molecule has 2 saturated carbocycles. The number of hydrogen-bond acceptors (Lipinski definition) is 19. The number of pyridine rings is 1. The third kappa shape index (κ3) is 7.16. The number of rotatable bonds is 7. The summed E-state index contributed by atoms with van der Waals surface area (Å²) in [7, 11) is 0. The predicted molar refractivity (Wildman–Crippen MR) is 197 cm³/mol. The molecule has 324 valence electrons. The smallest absolute Gasteiger partial charge is 0.340 e. The Hall–Kier alpha value is -5.50. The van der Waals surface area contributed by atoms with Crippen LogP contribution in [0.4, 0.5) is 0 Å². The van der Waals surface area contributed by atoms with E-state index in [4.69, 9.17) is 37.9 Å². The zero-order valence-electron chi connectivity index (χ0n) is 33.9. The van der Waals surface area contributed by atoms with Gasteiger partial charge in [-0.25, -0.2) is 14.4 Å². The Balaban J connectivity index is 1.73. The molecule has 4 bridgehead atoms. The summed E-state index contributed by atoms with van der Waals surface area (Å²) in [5.41, 5.74) is -13.1. The Labute approximate surface area is 343 Å². The second kappa shape index (κ2) is 15.8. The maximum atomic E-state index is 14.3. The fourth-order valence-corrected chi connectivity index (χ4v) is 9.40. The van der Waals surface area contributed by atoms with E-state index in [9.17, 15) is 48.9 Å². The molecule has 4 aliphatic rings. The zero-order valence-corrected chi connectivity index (χ0v) is 33.9. The third-order valence-corrected chi connectivity index (χ3v) is 11.9. The van der Waals surface area contributed by atoms with Crippen LogP contribution in [0.2, 0.25) is 0 Å². The van der Waals surface area contributed by atoms with Crippen LogP contribution in [0.1, 0.15) is 81.3 Å². The molecule has 0 amide bonds. The lowest BCUT2D eigenvalue weighted by Crippen LogP contribution is -2.89. The topological polar surface area (TPSA) is 267 Å². The summed E-state index contributed by atoms with van der Waals surface area (Å²) in [4.78, 5) is 98.7. The fourth-order valence-electron chi connectivity index (χ4n) is 9.40. The second-order valence-electron chi connectivity index (χ2n) is 16.1. The first kappa shape index (κ1) is 44.1. The Bertz CT molecular complexity index is 2070. The van der Waals surface area contributed by atoms with Crippen LogP contribution in [-0.4, -0.2) is 134 Å². The van der Waals surface area contributed by atoms with Gasteiger partial charge in [-0.15, -0.1) is 0 Å². The maximum Gasteiger partial charge on any atom is 0.340 e. The first-order valence-corrected chi connectivity index (χ1v) is 19.1. The van der Waals surface area contributed by atoms with E-state index >= 15 is 0 Å². The number of cyclic esters (lactones) is 1. The van der Waals surface area contributed by atoms with Crippen molar-refractivity contribution in [2.24, 2.45) is 11.3 Å². The second-order valence-corrected chi connectivity index (χ2v) is 16.1. The number of fused-ring (bicyclic) bond motifs is 5. The van der Waals surface area contributed by atoms with Gasteiger partial charge < -0.3 is 53.2 Å². The molecule has 3 fully saturated rings. The molecule has 0 radical (unpaired) electrons. The summed E-state index contributed by atoms with van der Waals surface area (Å²) in [6.07, 6.45) is -12.0. The summed E-state index contributed by atoms with van der Waals surface area (Å²) in [6, 6.07) is 10.1. The first-order valence-electron chi connectivity index (χ1n) is 19.1. The van der Waals surface area contributed by atoms with Crippen molar-refractivity contribution >= 4 is 41.8 Å². The number of aromatic nitrogens is 1. The van der Waals surface area contributed by atoms with Gasteiger partial charge >= 0.3 is 41.8 Å². The van der Waals surface area contributed by atoms with Crippen molar-refractivity contribution in [1.82, 2.24) is 4.98 Å². The van der Waals surface area contributed by atoms with Crippen molar-refractivity contribution in [3.05, 3.63) is 65.5 Å². The molecule has 1 spiro atoms. The van der Waals surface area contributed by atoms with Gasteiger partial charge in [0.2, 0.25) is 0 Å². The number of nitrogens with zero attached hydrogens (tertiary/aromatic N) is 1. The zero-order chi connectivity index (χ0) is 44.2. The number of ether oxygens (including phenoxy) is 8. The van der Waals surface area contributed by atoms with Crippen molar-refractivity contribution in [1.29, 1.82) is 0 Å². The standard InChI is InChI=1S/C41H47NO18/c1-20(43)53-19-40-30(47)29(58-34(48)24-12-9-8-10-13-24)32-39(7,52)41(40)31(56-22(3)45)27(28(55-21(2)44)33(40)57-23(4)46)38(6,60-41)18-54-35(49)25-14-11-17-42-26(25)15-16-37(5,51)36(50)59-32/h8-14,17,27-33,47,51-52H,15-16,18-19H2,1-7H3/t27-,28-,29-,30+,31-,32+,33-,37-,38+,39+,40+,41+/m1/s1. The fraction of sp³-hybridized carbons (Fsp3) is 0.561. The van der Waals surface area contributed by atoms with Gasteiger partial charge in [-0.3, -0.25) is 24.2 Å². The summed E-state index contributed by atoms with van der Waals surface area (Å²) >= 11 is 0. The number of benzene rings is 1. The Morgan fingerprint density at radius 3 is 2.07 bits per heavy atom. The Morgan fingerprint density at radius 2 is 1.45 bits per heavy atom. The molecule has 1 saturated heterocycles. The number of carbonyl (C=O) groups excluding carboxylic acids is 7. The highest BCUT2D eigenvalue weighted by Crippen LogP contribution is 2.69. The van der Waals surface area contributed by atoms with Crippen LogP contribution in [0.15, 0.2) is 48.7 Å². The number of aliphatic hydroxyl groups excluding tert-OH is 1. The van der Waals surface area contributed by atoms with Crippen LogP contribution in [0, 0.1) is 11.3 Å². The minimum Gasteiger partial charge on any atom is -0.465 e. The molecule has 19 nitrogen and oxygen atoms in total. The summed E-state index contributed by atoms with van der Waals surface area (Å²) in [5, 5.41) is 38.2. The molecule has 3 heterocycles. The van der Waals surface area contributed by atoms with Gasteiger partial charge in [0.1, 0.15) is 48.1 Å². The van der Waals surface area contributed by atoms with E-state index in [1.54, 1.807) is 6.07 Å². The van der Waals surface area contributed by atoms with Crippen LogP contribution < -0.4 is 0 Å².